The summed E-state index contributed by atoms with van der Waals surface area (Å²) in [4.78, 5) is 26.0. The molecule has 0 heterocycles. The Morgan fingerprint density at radius 1 is 0.826 bits per heavy atom. The molecule has 0 spiro atoms. The second kappa shape index (κ2) is 13.3. The maximum absolute atomic E-state index is 13.2. The van der Waals surface area contributed by atoms with E-state index in [1.165, 1.54) is 44.9 Å². The van der Waals surface area contributed by atoms with Crippen LogP contribution >= 0.6 is 0 Å². The van der Waals surface area contributed by atoms with E-state index in [9.17, 15) is 9.59 Å². The molecule has 4 nitrogen and oxygen atoms in total. The smallest absolute Gasteiger partial charge is 0.338 e. The fourth-order valence-corrected chi connectivity index (χ4v) is 10.8. The number of ether oxygens (including phenoxy) is 2. The standard InChI is InChI=1S/C42H56O4/c1-7-45-33-16-8-29(9-17-33)10-21-39(43)30-11-13-31(14-12-30)40(44)46-34-22-24-41(5)32(26-34)15-18-35-37-20-19-36(28(4)27(2)3)42(37,6)25-23-38(35)41/h8-14,16-17,21,27-28,32,34-38H,7,15,18-20,22-26H2,1-6H3/b21-10+. The fourth-order valence-electron chi connectivity index (χ4n) is 10.8. The van der Waals surface area contributed by atoms with E-state index in [1.807, 2.05) is 31.2 Å². The average molecular weight is 625 g/mol. The Bertz CT molecular complexity index is 1410. The van der Waals surface area contributed by atoms with Gasteiger partial charge in [0.05, 0.1) is 12.2 Å². The summed E-state index contributed by atoms with van der Waals surface area (Å²) in [7, 11) is 0. The van der Waals surface area contributed by atoms with E-state index in [2.05, 4.69) is 34.6 Å². The van der Waals surface area contributed by atoms with Crippen molar-refractivity contribution in [3.63, 3.8) is 0 Å². The molecular formula is C42H56O4. The van der Waals surface area contributed by atoms with Gasteiger partial charge in [-0.1, -0.05) is 65.0 Å². The maximum atomic E-state index is 13.2. The van der Waals surface area contributed by atoms with Crippen molar-refractivity contribution >= 4 is 17.8 Å². The fraction of sp³-hybridized carbons (Fsp3) is 0.619. The van der Waals surface area contributed by atoms with E-state index < -0.39 is 0 Å². The van der Waals surface area contributed by atoms with E-state index in [-0.39, 0.29) is 17.9 Å². The van der Waals surface area contributed by atoms with Crippen molar-refractivity contribution in [3.05, 3.63) is 71.3 Å². The van der Waals surface area contributed by atoms with Gasteiger partial charge in [-0.2, -0.15) is 0 Å². The molecule has 4 saturated carbocycles. The summed E-state index contributed by atoms with van der Waals surface area (Å²) in [5.74, 6) is 6.14. The van der Waals surface area contributed by atoms with Crippen molar-refractivity contribution in [1.82, 2.24) is 0 Å². The van der Waals surface area contributed by atoms with Crippen LogP contribution < -0.4 is 4.74 Å². The number of esters is 1. The Morgan fingerprint density at radius 3 is 2.20 bits per heavy atom. The molecule has 0 aromatic heterocycles. The van der Waals surface area contributed by atoms with E-state index >= 15 is 0 Å². The molecule has 2 aromatic rings. The van der Waals surface area contributed by atoms with Gasteiger partial charge in [-0.3, -0.25) is 4.79 Å². The van der Waals surface area contributed by atoms with E-state index in [4.69, 9.17) is 9.47 Å². The number of carbonyl (C=O) groups is 2. The Balaban J connectivity index is 1.03. The molecule has 0 amide bonds. The van der Waals surface area contributed by atoms with Crippen LogP contribution in [0.1, 0.15) is 126 Å². The molecule has 248 valence electrons. The first-order valence-electron chi connectivity index (χ1n) is 18.3. The molecule has 4 fully saturated rings. The third-order valence-corrected chi connectivity index (χ3v) is 13.7. The highest BCUT2D eigenvalue weighted by molar-refractivity contribution is 6.07. The second-order valence-electron chi connectivity index (χ2n) is 16.1. The van der Waals surface area contributed by atoms with E-state index in [0.717, 1.165) is 59.7 Å². The van der Waals surface area contributed by atoms with Crippen molar-refractivity contribution in [3.8, 4) is 5.75 Å². The highest BCUT2D eigenvalue weighted by Crippen LogP contribution is 2.68. The lowest BCUT2D eigenvalue weighted by molar-refractivity contribution is -0.131. The molecule has 9 unspecified atom stereocenters. The second-order valence-corrected chi connectivity index (χ2v) is 16.1. The van der Waals surface area contributed by atoms with Gasteiger partial charge in [0.15, 0.2) is 5.78 Å². The van der Waals surface area contributed by atoms with Crippen molar-refractivity contribution in [1.29, 1.82) is 0 Å². The molecule has 0 bridgehead atoms. The molecule has 0 radical (unpaired) electrons. The lowest BCUT2D eigenvalue weighted by Gasteiger charge is -2.61. The normalized spacial score (nSPS) is 34.4. The lowest BCUT2D eigenvalue weighted by Crippen LogP contribution is -2.54. The van der Waals surface area contributed by atoms with Gasteiger partial charge in [0, 0.05) is 5.56 Å². The quantitative estimate of drug-likeness (QED) is 0.158. The number of benzene rings is 2. The first-order valence-corrected chi connectivity index (χ1v) is 18.3. The van der Waals surface area contributed by atoms with Crippen molar-refractivity contribution < 1.29 is 19.1 Å². The van der Waals surface area contributed by atoms with Gasteiger partial charge in [0.1, 0.15) is 11.9 Å². The number of rotatable bonds is 9. The van der Waals surface area contributed by atoms with Gasteiger partial charge in [0.2, 0.25) is 0 Å². The number of hydrogen-bond acceptors (Lipinski definition) is 4. The maximum Gasteiger partial charge on any atom is 0.338 e. The summed E-state index contributed by atoms with van der Waals surface area (Å²) in [6.07, 6.45) is 14.8. The first kappa shape index (κ1) is 33.0. The van der Waals surface area contributed by atoms with Gasteiger partial charge in [-0.25, -0.2) is 4.79 Å². The molecule has 2 aromatic carbocycles. The molecule has 4 aliphatic rings. The Hall–Kier alpha value is -2.88. The van der Waals surface area contributed by atoms with Gasteiger partial charge < -0.3 is 9.47 Å². The van der Waals surface area contributed by atoms with E-state index in [1.54, 1.807) is 36.4 Å². The van der Waals surface area contributed by atoms with Crippen LogP contribution in [0.3, 0.4) is 0 Å². The molecule has 0 aliphatic heterocycles. The van der Waals surface area contributed by atoms with Crippen LogP contribution in [0.4, 0.5) is 0 Å². The van der Waals surface area contributed by atoms with Crippen molar-refractivity contribution in [2.24, 2.45) is 52.3 Å². The SMILES string of the molecule is CCOc1ccc(/C=C/C(=O)c2ccc(C(=O)OC3CCC4(C)C(CCC5C4CCC4(C)C(C(C)C(C)C)CCC54)C3)cc2)cc1. The van der Waals surface area contributed by atoms with Crippen LogP contribution in [0, 0.1) is 52.3 Å². The number of carbonyl (C=O) groups excluding carboxylic acids is 2. The summed E-state index contributed by atoms with van der Waals surface area (Å²) >= 11 is 0. The van der Waals surface area contributed by atoms with Crippen LogP contribution in [-0.2, 0) is 4.74 Å². The third-order valence-electron chi connectivity index (χ3n) is 13.7. The minimum atomic E-state index is -0.268. The molecule has 4 aliphatic carbocycles. The minimum absolute atomic E-state index is 0.0166. The molecular weight excluding hydrogens is 568 g/mol. The van der Waals surface area contributed by atoms with Gasteiger partial charge in [-0.05, 0) is 153 Å². The predicted octanol–water partition coefficient (Wildman–Crippen LogP) is 10.5. The van der Waals surface area contributed by atoms with Crippen LogP contribution in [0.25, 0.3) is 6.08 Å². The topological polar surface area (TPSA) is 52.6 Å². The average Bonchev–Trinajstić information content (AvgIpc) is 3.41. The Kier molecular flexibility index (Phi) is 9.57. The minimum Gasteiger partial charge on any atom is -0.494 e. The lowest BCUT2D eigenvalue weighted by atomic mass is 9.44. The highest BCUT2D eigenvalue weighted by Gasteiger charge is 2.60. The number of fused-ring (bicyclic) bond motifs is 5. The number of ketones is 1. The molecule has 46 heavy (non-hydrogen) atoms. The summed E-state index contributed by atoms with van der Waals surface area (Å²) in [6.45, 7) is 15.2. The van der Waals surface area contributed by atoms with Crippen molar-refractivity contribution in [2.45, 2.75) is 105 Å². The van der Waals surface area contributed by atoms with Gasteiger partial charge in [0.25, 0.3) is 0 Å². The zero-order valence-corrected chi connectivity index (χ0v) is 29.1. The summed E-state index contributed by atoms with van der Waals surface area (Å²) in [5.41, 5.74) is 2.89. The molecule has 0 saturated heterocycles. The highest BCUT2D eigenvalue weighted by atomic mass is 16.5. The number of allylic oxidation sites excluding steroid dienone is 1. The monoisotopic (exact) mass is 624 g/mol. The van der Waals surface area contributed by atoms with Gasteiger partial charge >= 0.3 is 5.97 Å². The predicted molar refractivity (Wildman–Crippen MR) is 186 cm³/mol. The third kappa shape index (κ3) is 6.22. The number of hydrogen-bond donors (Lipinski definition) is 0. The summed E-state index contributed by atoms with van der Waals surface area (Å²) in [5, 5.41) is 0. The van der Waals surface area contributed by atoms with E-state index in [0.29, 0.717) is 34.5 Å². The molecule has 4 heteroatoms. The zero-order valence-electron chi connectivity index (χ0n) is 29.1. The van der Waals surface area contributed by atoms with Crippen LogP contribution in [-0.4, -0.2) is 24.5 Å². The Morgan fingerprint density at radius 2 is 1.50 bits per heavy atom. The molecule has 6 rings (SSSR count). The van der Waals surface area contributed by atoms with Crippen LogP contribution in [0.5, 0.6) is 5.75 Å². The zero-order chi connectivity index (χ0) is 32.6. The summed E-state index contributed by atoms with van der Waals surface area (Å²) < 4.78 is 11.6. The Labute approximate surface area is 277 Å². The largest absolute Gasteiger partial charge is 0.494 e. The van der Waals surface area contributed by atoms with Crippen LogP contribution in [0.15, 0.2) is 54.6 Å². The molecule has 9 atom stereocenters. The summed E-state index contributed by atoms with van der Waals surface area (Å²) in [6, 6.07) is 14.6. The first-order chi connectivity index (χ1) is 22.0. The van der Waals surface area contributed by atoms with Crippen LogP contribution in [0.2, 0.25) is 0 Å². The van der Waals surface area contributed by atoms with Crippen molar-refractivity contribution in [2.75, 3.05) is 6.61 Å². The van der Waals surface area contributed by atoms with Gasteiger partial charge in [-0.15, -0.1) is 0 Å². The molecule has 0 N–H and O–H groups in total.